The van der Waals surface area contributed by atoms with Crippen LogP contribution in [0.25, 0.3) is 0 Å². The predicted octanol–water partition coefficient (Wildman–Crippen LogP) is 3.14. The van der Waals surface area contributed by atoms with E-state index in [1.54, 1.807) is 11.3 Å². The van der Waals surface area contributed by atoms with Crippen LogP contribution in [0.5, 0.6) is 5.75 Å². The molecule has 1 fully saturated rings. The molecular formula is C18H19NO2S. The Hall–Kier alpha value is -1.80. The van der Waals surface area contributed by atoms with E-state index in [1.165, 1.54) is 5.56 Å². The summed E-state index contributed by atoms with van der Waals surface area (Å²) in [5.74, 6) is 3.43. The molecule has 0 spiro atoms. The van der Waals surface area contributed by atoms with Gasteiger partial charge in [-0.05, 0) is 11.1 Å². The molecule has 1 aromatic heterocycles. The third-order valence-corrected chi connectivity index (χ3v) is 4.43. The van der Waals surface area contributed by atoms with E-state index >= 15 is 0 Å². The van der Waals surface area contributed by atoms with Crippen LogP contribution < -0.4 is 4.74 Å². The van der Waals surface area contributed by atoms with Crippen LogP contribution in [0.1, 0.15) is 16.7 Å². The average Bonchev–Trinajstić information content (AvgIpc) is 3.03. The maximum Gasteiger partial charge on any atom is 0.146 e. The standard InChI is InChI=1S/C18H19NO2S/c1-2-17-13-22-14-18(17)21-12-16-5-3-15(4-6-16)11-19-7-9-20-10-8-19/h1,3-6,13-14H,7-12H2. The SMILES string of the molecule is C#Cc1cscc1OCc1ccc(CN2CCOCC2)cc1. The van der Waals surface area contributed by atoms with Gasteiger partial charge in [0.05, 0.1) is 18.8 Å². The van der Waals surface area contributed by atoms with Gasteiger partial charge in [0.15, 0.2) is 0 Å². The van der Waals surface area contributed by atoms with Gasteiger partial charge in [0, 0.05) is 30.4 Å². The Morgan fingerprint density at radius 2 is 1.86 bits per heavy atom. The van der Waals surface area contributed by atoms with E-state index in [2.05, 4.69) is 35.1 Å². The van der Waals surface area contributed by atoms with Gasteiger partial charge in [-0.3, -0.25) is 4.90 Å². The van der Waals surface area contributed by atoms with Crippen LogP contribution in [0.3, 0.4) is 0 Å². The fraction of sp³-hybridized carbons (Fsp3) is 0.333. The number of morpholine rings is 1. The van der Waals surface area contributed by atoms with Gasteiger partial charge in [-0.1, -0.05) is 30.2 Å². The van der Waals surface area contributed by atoms with E-state index in [0.29, 0.717) is 6.61 Å². The highest BCUT2D eigenvalue weighted by atomic mass is 32.1. The van der Waals surface area contributed by atoms with Crippen molar-refractivity contribution in [1.29, 1.82) is 0 Å². The number of hydrogen-bond donors (Lipinski definition) is 0. The van der Waals surface area contributed by atoms with Gasteiger partial charge in [-0.25, -0.2) is 0 Å². The van der Waals surface area contributed by atoms with E-state index in [9.17, 15) is 0 Å². The highest BCUT2D eigenvalue weighted by Crippen LogP contribution is 2.23. The molecule has 1 aliphatic rings. The summed E-state index contributed by atoms with van der Waals surface area (Å²) in [6.07, 6.45) is 5.44. The third-order valence-electron chi connectivity index (χ3n) is 3.71. The van der Waals surface area contributed by atoms with Gasteiger partial charge in [0.25, 0.3) is 0 Å². The Bertz CT molecular complexity index is 636. The largest absolute Gasteiger partial charge is 0.487 e. The molecular weight excluding hydrogens is 294 g/mol. The molecule has 3 nitrogen and oxygen atoms in total. The van der Waals surface area contributed by atoms with E-state index in [1.807, 2.05) is 10.8 Å². The van der Waals surface area contributed by atoms with E-state index in [4.69, 9.17) is 15.9 Å². The molecule has 2 heterocycles. The fourth-order valence-electron chi connectivity index (χ4n) is 2.42. The molecule has 1 aromatic carbocycles. The minimum atomic E-state index is 0.545. The number of ether oxygens (including phenoxy) is 2. The maximum absolute atomic E-state index is 5.78. The Balaban J connectivity index is 1.54. The van der Waals surface area contributed by atoms with Crippen LogP contribution in [0.2, 0.25) is 0 Å². The number of terminal acetylenes is 1. The molecule has 0 radical (unpaired) electrons. The van der Waals surface area contributed by atoms with Crippen LogP contribution in [0, 0.1) is 12.3 Å². The van der Waals surface area contributed by atoms with Crippen molar-refractivity contribution in [2.24, 2.45) is 0 Å². The normalized spacial score (nSPS) is 15.4. The van der Waals surface area contributed by atoms with Crippen molar-refractivity contribution in [3.63, 3.8) is 0 Å². The minimum absolute atomic E-state index is 0.545. The molecule has 0 N–H and O–H groups in total. The molecule has 1 aliphatic heterocycles. The molecule has 2 aromatic rings. The first-order valence-corrected chi connectivity index (χ1v) is 8.33. The van der Waals surface area contributed by atoms with E-state index in [0.717, 1.165) is 49.7 Å². The summed E-state index contributed by atoms with van der Waals surface area (Å²) in [6.45, 7) is 5.23. The predicted molar refractivity (Wildman–Crippen MR) is 89.1 cm³/mol. The zero-order chi connectivity index (χ0) is 15.2. The summed E-state index contributed by atoms with van der Waals surface area (Å²) >= 11 is 1.56. The fourth-order valence-corrected chi connectivity index (χ4v) is 3.13. The van der Waals surface area contributed by atoms with Gasteiger partial charge in [0.1, 0.15) is 12.4 Å². The van der Waals surface area contributed by atoms with Crippen LogP contribution in [-0.2, 0) is 17.9 Å². The second-order valence-corrected chi connectivity index (χ2v) is 6.03. The van der Waals surface area contributed by atoms with Crippen LogP contribution in [0.15, 0.2) is 35.0 Å². The van der Waals surface area contributed by atoms with Crippen LogP contribution >= 0.6 is 11.3 Å². The van der Waals surface area contributed by atoms with Crippen molar-refractivity contribution in [3.05, 3.63) is 51.7 Å². The molecule has 3 rings (SSSR count). The van der Waals surface area contributed by atoms with Crippen molar-refractivity contribution < 1.29 is 9.47 Å². The lowest BCUT2D eigenvalue weighted by molar-refractivity contribution is 0.0342. The van der Waals surface area contributed by atoms with Crippen molar-refractivity contribution in [2.45, 2.75) is 13.2 Å². The van der Waals surface area contributed by atoms with Crippen molar-refractivity contribution >= 4 is 11.3 Å². The minimum Gasteiger partial charge on any atom is -0.487 e. The van der Waals surface area contributed by atoms with Gasteiger partial charge in [-0.2, -0.15) is 0 Å². The highest BCUT2D eigenvalue weighted by Gasteiger charge is 2.10. The summed E-state index contributed by atoms with van der Waals surface area (Å²) in [4.78, 5) is 2.42. The Labute approximate surface area is 135 Å². The lowest BCUT2D eigenvalue weighted by Crippen LogP contribution is -2.35. The van der Waals surface area contributed by atoms with E-state index in [-0.39, 0.29) is 0 Å². The summed E-state index contributed by atoms with van der Waals surface area (Å²) in [5, 5.41) is 3.88. The molecule has 1 saturated heterocycles. The Morgan fingerprint density at radius 3 is 2.59 bits per heavy atom. The van der Waals surface area contributed by atoms with E-state index < -0.39 is 0 Å². The molecule has 0 aliphatic carbocycles. The smallest absolute Gasteiger partial charge is 0.146 e. The zero-order valence-corrected chi connectivity index (χ0v) is 13.3. The summed E-state index contributed by atoms with van der Waals surface area (Å²) in [5.41, 5.74) is 3.30. The number of hydrogen-bond acceptors (Lipinski definition) is 4. The van der Waals surface area contributed by atoms with Gasteiger partial charge in [0.2, 0.25) is 0 Å². The summed E-state index contributed by atoms with van der Waals surface area (Å²) in [6, 6.07) is 8.59. The monoisotopic (exact) mass is 313 g/mol. The number of benzene rings is 1. The van der Waals surface area contributed by atoms with Gasteiger partial charge >= 0.3 is 0 Å². The van der Waals surface area contributed by atoms with Crippen molar-refractivity contribution in [1.82, 2.24) is 4.90 Å². The lowest BCUT2D eigenvalue weighted by Gasteiger charge is -2.26. The Kier molecular flexibility index (Phi) is 5.12. The first kappa shape index (κ1) is 15.1. The Morgan fingerprint density at radius 1 is 1.14 bits per heavy atom. The van der Waals surface area contributed by atoms with Gasteiger partial charge < -0.3 is 9.47 Å². The second kappa shape index (κ2) is 7.46. The second-order valence-electron chi connectivity index (χ2n) is 5.29. The lowest BCUT2D eigenvalue weighted by atomic mass is 10.1. The quantitative estimate of drug-likeness (QED) is 0.792. The highest BCUT2D eigenvalue weighted by molar-refractivity contribution is 7.08. The molecule has 114 valence electrons. The van der Waals surface area contributed by atoms with Gasteiger partial charge in [-0.15, -0.1) is 17.8 Å². The van der Waals surface area contributed by atoms with Crippen molar-refractivity contribution in [2.75, 3.05) is 26.3 Å². The van der Waals surface area contributed by atoms with Crippen LogP contribution in [0.4, 0.5) is 0 Å². The molecule has 0 bridgehead atoms. The molecule has 22 heavy (non-hydrogen) atoms. The molecule has 0 saturated carbocycles. The summed E-state index contributed by atoms with van der Waals surface area (Å²) < 4.78 is 11.2. The first-order chi connectivity index (χ1) is 10.8. The molecule has 0 unspecified atom stereocenters. The number of thiophene rings is 1. The first-order valence-electron chi connectivity index (χ1n) is 7.38. The number of rotatable bonds is 5. The molecule has 4 heteroatoms. The van der Waals surface area contributed by atoms with Crippen LogP contribution in [-0.4, -0.2) is 31.2 Å². The van der Waals surface area contributed by atoms with Crippen molar-refractivity contribution in [3.8, 4) is 18.1 Å². The molecule has 0 amide bonds. The summed E-state index contributed by atoms with van der Waals surface area (Å²) in [7, 11) is 0. The maximum atomic E-state index is 5.78. The average molecular weight is 313 g/mol. The molecule has 0 atom stereocenters. The third kappa shape index (κ3) is 3.89. The number of nitrogens with zero attached hydrogens (tertiary/aromatic N) is 1. The zero-order valence-electron chi connectivity index (χ0n) is 12.5. The topological polar surface area (TPSA) is 21.7 Å².